The predicted octanol–water partition coefficient (Wildman–Crippen LogP) is 14.8. The minimum Gasteiger partial charge on any atom is -0.463 e. The summed E-state index contributed by atoms with van der Waals surface area (Å²) in [6, 6.07) is 20.3. The van der Waals surface area contributed by atoms with E-state index in [1.165, 1.54) is 23.0 Å². The molecule has 5 unspecified atom stereocenters. The topological polar surface area (TPSA) is 55.8 Å². The Morgan fingerprint density at radius 3 is 1.59 bits per heavy atom. The first-order valence-corrected chi connectivity index (χ1v) is 23.7. The summed E-state index contributed by atoms with van der Waals surface area (Å²) in [6.45, 7) is 43.9. The molecule has 0 amide bonds. The molecule has 5 atom stereocenters. The molecule has 0 aliphatic heterocycles. The standard InChI is InChI=1S/C56H95NO4/c1-22-50(6,7)45(43-31-29-41(30-32-43)39-57(19)20)36-52(10,11)54(14,15)47(48(59)61-34-33-60-21)38-56(18,23-2)55(16,17)46(42-27-25-24-26-28-42)37-51(8,9)53(12,13)44(40-58)35-49(3,4)5/h24-32,40,44-47H,22-23,33-39H2,1-21H3. The number of hydrogen-bond donors (Lipinski definition) is 0. The SMILES string of the molecule is CCC(C)(C)C(CC(C)(C)C(C)(C)C(CC(C)(CC)C(C)(C)C(CC(C)(C)C(C)(C)C(C=O)CC(C)(C)C)c1ccccc1)C(=O)OCCOC)c1ccc(CN(C)C)cc1. The number of carbonyl (C=O) groups excluding carboxylic acids is 2. The number of methoxy groups -OCH3 is 1. The highest BCUT2D eigenvalue weighted by Gasteiger charge is 2.56. The molecule has 0 saturated carbocycles. The van der Waals surface area contributed by atoms with Gasteiger partial charge < -0.3 is 19.2 Å². The first-order valence-electron chi connectivity index (χ1n) is 23.7. The van der Waals surface area contributed by atoms with Gasteiger partial charge in [-0.2, -0.15) is 0 Å². The van der Waals surface area contributed by atoms with Crippen molar-refractivity contribution in [3.63, 3.8) is 0 Å². The quantitative estimate of drug-likeness (QED) is 0.0566. The average molecular weight is 846 g/mol. The zero-order chi connectivity index (χ0) is 47.0. The minimum absolute atomic E-state index is 0.0358. The molecule has 0 heterocycles. The number of benzene rings is 2. The Morgan fingerprint density at radius 2 is 1.13 bits per heavy atom. The lowest BCUT2D eigenvalue weighted by atomic mass is 9.47. The lowest BCUT2D eigenvalue weighted by Crippen LogP contribution is -2.50. The van der Waals surface area contributed by atoms with Crippen molar-refractivity contribution in [2.75, 3.05) is 34.4 Å². The Balaban J connectivity index is 2.80. The van der Waals surface area contributed by atoms with E-state index >= 15 is 0 Å². The maximum Gasteiger partial charge on any atom is 0.309 e. The second-order valence-electron chi connectivity index (χ2n) is 24.5. The fourth-order valence-electron chi connectivity index (χ4n) is 10.1. The third-order valence-electron chi connectivity index (χ3n) is 17.3. The molecule has 0 fully saturated rings. The van der Waals surface area contributed by atoms with Crippen LogP contribution in [0.25, 0.3) is 0 Å². The molecule has 0 N–H and O–H groups in total. The van der Waals surface area contributed by atoms with Gasteiger partial charge >= 0.3 is 5.97 Å². The third kappa shape index (κ3) is 13.3. The predicted molar refractivity (Wildman–Crippen MR) is 261 cm³/mol. The molecule has 0 aliphatic rings. The summed E-state index contributed by atoms with van der Waals surface area (Å²) >= 11 is 0. The van der Waals surface area contributed by atoms with Gasteiger partial charge in [-0.05, 0) is 112 Å². The third-order valence-corrected chi connectivity index (χ3v) is 17.3. The first-order chi connectivity index (χ1) is 27.8. The van der Waals surface area contributed by atoms with Crippen molar-refractivity contribution >= 4 is 12.3 Å². The maximum atomic E-state index is 14.9. The van der Waals surface area contributed by atoms with Crippen molar-refractivity contribution in [3.8, 4) is 0 Å². The summed E-state index contributed by atoms with van der Waals surface area (Å²) in [7, 11) is 5.89. The van der Waals surface area contributed by atoms with E-state index in [0.717, 1.165) is 38.6 Å². The summed E-state index contributed by atoms with van der Waals surface area (Å²) in [5, 5.41) is 0. The number of carbonyl (C=O) groups is 2. The number of ether oxygens (including phenoxy) is 2. The molecule has 0 aromatic heterocycles. The van der Waals surface area contributed by atoms with Gasteiger partial charge in [0.25, 0.3) is 0 Å². The molecule has 0 bridgehead atoms. The van der Waals surface area contributed by atoms with E-state index in [2.05, 4.69) is 198 Å². The Morgan fingerprint density at radius 1 is 0.623 bits per heavy atom. The molecule has 61 heavy (non-hydrogen) atoms. The first kappa shape index (κ1) is 54.6. The maximum absolute atomic E-state index is 14.9. The van der Waals surface area contributed by atoms with Crippen LogP contribution in [0.3, 0.4) is 0 Å². The van der Waals surface area contributed by atoms with Gasteiger partial charge in [0.2, 0.25) is 0 Å². The average Bonchev–Trinajstić information content (AvgIpc) is 3.16. The molecule has 348 valence electrons. The van der Waals surface area contributed by atoms with Gasteiger partial charge in [-0.25, -0.2) is 0 Å². The molecule has 0 saturated heterocycles. The number of aldehydes is 1. The molecule has 0 spiro atoms. The van der Waals surface area contributed by atoms with Crippen LogP contribution in [0.4, 0.5) is 0 Å². The van der Waals surface area contributed by atoms with E-state index in [9.17, 15) is 9.59 Å². The van der Waals surface area contributed by atoms with Crippen molar-refractivity contribution in [2.24, 2.45) is 55.2 Å². The van der Waals surface area contributed by atoms with Gasteiger partial charge in [0, 0.05) is 19.6 Å². The molecule has 2 aromatic rings. The molecule has 2 aromatic carbocycles. The van der Waals surface area contributed by atoms with Crippen molar-refractivity contribution in [1.82, 2.24) is 4.90 Å². The summed E-state index contributed by atoms with van der Waals surface area (Å²) in [5.41, 5.74) is 2.40. The van der Waals surface area contributed by atoms with E-state index < -0.39 is 5.41 Å². The number of nitrogens with zero attached hydrogens (tertiary/aromatic N) is 1. The Labute approximate surface area is 377 Å². The van der Waals surface area contributed by atoms with Crippen molar-refractivity contribution in [1.29, 1.82) is 0 Å². The molecule has 0 radical (unpaired) electrons. The van der Waals surface area contributed by atoms with Crippen LogP contribution in [0, 0.1) is 55.2 Å². The Bertz CT molecular complexity index is 1640. The van der Waals surface area contributed by atoms with Crippen LogP contribution in [-0.2, 0) is 25.6 Å². The van der Waals surface area contributed by atoms with Crippen LogP contribution in [0.5, 0.6) is 0 Å². The molecular weight excluding hydrogens is 751 g/mol. The van der Waals surface area contributed by atoms with E-state index in [4.69, 9.17) is 9.47 Å². The summed E-state index contributed by atoms with van der Waals surface area (Å²) in [5.74, 6) is -0.129. The van der Waals surface area contributed by atoms with Crippen LogP contribution < -0.4 is 0 Å². The number of hydrogen-bond acceptors (Lipinski definition) is 5. The highest BCUT2D eigenvalue weighted by molar-refractivity contribution is 5.73. The highest BCUT2D eigenvalue weighted by Crippen LogP contribution is 2.63. The largest absolute Gasteiger partial charge is 0.463 e. The molecular formula is C56H95NO4. The van der Waals surface area contributed by atoms with E-state index in [1.54, 1.807) is 7.11 Å². The highest BCUT2D eigenvalue weighted by atomic mass is 16.6. The van der Waals surface area contributed by atoms with Gasteiger partial charge in [0.1, 0.15) is 12.9 Å². The van der Waals surface area contributed by atoms with Crippen LogP contribution in [-0.4, -0.2) is 51.6 Å². The molecule has 5 nitrogen and oxygen atoms in total. The molecule has 5 heteroatoms. The second kappa shape index (κ2) is 21.0. The number of rotatable bonds is 25. The lowest BCUT2D eigenvalue weighted by Gasteiger charge is -2.57. The fraction of sp³-hybridized carbons (Fsp3) is 0.750. The van der Waals surface area contributed by atoms with Gasteiger partial charge in [-0.15, -0.1) is 0 Å². The van der Waals surface area contributed by atoms with E-state index in [0.29, 0.717) is 18.9 Å². The van der Waals surface area contributed by atoms with Crippen LogP contribution in [0.15, 0.2) is 54.6 Å². The Hall–Kier alpha value is -2.50. The normalized spacial score (nSPS) is 16.8. The van der Waals surface area contributed by atoms with Crippen molar-refractivity contribution in [2.45, 2.75) is 182 Å². The molecule has 2 rings (SSSR count). The van der Waals surface area contributed by atoms with Crippen LogP contribution in [0.2, 0.25) is 0 Å². The van der Waals surface area contributed by atoms with Gasteiger partial charge in [-0.3, -0.25) is 4.79 Å². The number of esters is 1. The van der Waals surface area contributed by atoms with E-state index in [-0.39, 0.29) is 68.2 Å². The van der Waals surface area contributed by atoms with Gasteiger partial charge in [-0.1, -0.05) is 192 Å². The lowest BCUT2D eigenvalue weighted by molar-refractivity contribution is -0.163. The van der Waals surface area contributed by atoms with Crippen molar-refractivity contribution in [3.05, 3.63) is 71.3 Å². The zero-order valence-corrected chi connectivity index (χ0v) is 43.5. The zero-order valence-electron chi connectivity index (χ0n) is 43.5. The molecule has 0 aliphatic carbocycles. The van der Waals surface area contributed by atoms with Gasteiger partial charge in [0.15, 0.2) is 0 Å². The van der Waals surface area contributed by atoms with Gasteiger partial charge in [0.05, 0.1) is 12.5 Å². The fourth-order valence-corrected chi connectivity index (χ4v) is 10.1. The van der Waals surface area contributed by atoms with Crippen LogP contribution in [0.1, 0.15) is 192 Å². The van der Waals surface area contributed by atoms with Crippen LogP contribution >= 0.6 is 0 Å². The summed E-state index contributed by atoms with van der Waals surface area (Å²) < 4.78 is 11.6. The second-order valence-corrected chi connectivity index (χ2v) is 24.5. The summed E-state index contributed by atoms with van der Waals surface area (Å²) in [6.07, 6.45) is 6.54. The van der Waals surface area contributed by atoms with Crippen molar-refractivity contribution < 1.29 is 19.1 Å². The summed E-state index contributed by atoms with van der Waals surface area (Å²) in [4.78, 5) is 30.0. The van der Waals surface area contributed by atoms with E-state index in [1.807, 2.05) is 0 Å². The monoisotopic (exact) mass is 846 g/mol. The minimum atomic E-state index is -0.440. The Kier molecular flexibility index (Phi) is 18.8. The smallest absolute Gasteiger partial charge is 0.309 e.